The second-order valence-corrected chi connectivity index (χ2v) is 5.44. The van der Waals surface area contributed by atoms with Crippen molar-refractivity contribution in [2.24, 2.45) is 23.7 Å². The van der Waals surface area contributed by atoms with Gasteiger partial charge in [-0.3, -0.25) is 0 Å². The van der Waals surface area contributed by atoms with Crippen molar-refractivity contribution < 1.29 is 10.2 Å². The lowest BCUT2D eigenvalue weighted by Gasteiger charge is -2.28. The number of hydrogen-bond acceptors (Lipinski definition) is 2. The molecule has 0 saturated heterocycles. The highest BCUT2D eigenvalue weighted by molar-refractivity contribution is 4.95. The van der Waals surface area contributed by atoms with E-state index < -0.39 is 0 Å². The van der Waals surface area contributed by atoms with Gasteiger partial charge in [0.2, 0.25) is 0 Å². The van der Waals surface area contributed by atoms with Gasteiger partial charge in [-0.1, -0.05) is 20.3 Å². The normalized spacial score (nSPS) is 54.0. The van der Waals surface area contributed by atoms with Crippen LogP contribution in [0.5, 0.6) is 0 Å². The molecule has 2 aliphatic rings. The van der Waals surface area contributed by atoms with E-state index in [-0.39, 0.29) is 18.1 Å². The number of fused-ring (bicyclic) bond motifs is 1. The largest absolute Gasteiger partial charge is 0.392 e. The standard InChI is InChI=1S/C12H22O2/c1-7-4-3-5-9-6-8(2)12(14)10(9)11(7)13/h7-14H,3-6H2,1-2H3/t7-,8+,9?,10?,11?,12?/m0/s1. The number of aliphatic hydroxyl groups excluding tert-OH is 2. The van der Waals surface area contributed by atoms with Crippen molar-refractivity contribution >= 4 is 0 Å². The van der Waals surface area contributed by atoms with Crippen LogP contribution in [0.1, 0.15) is 39.5 Å². The van der Waals surface area contributed by atoms with Crippen molar-refractivity contribution in [3.63, 3.8) is 0 Å². The molecule has 0 aliphatic heterocycles. The maximum atomic E-state index is 10.2. The Hall–Kier alpha value is -0.0800. The number of rotatable bonds is 0. The average molecular weight is 198 g/mol. The smallest absolute Gasteiger partial charge is 0.0621 e. The molecule has 2 nitrogen and oxygen atoms in total. The van der Waals surface area contributed by atoms with Gasteiger partial charge in [0.15, 0.2) is 0 Å². The quantitative estimate of drug-likeness (QED) is 0.623. The molecule has 14 heavy (non-hydrogen) atoms. The maximum Gasteiger partial charge on any atom is 0.0621 e. The topological polar surface area (TPSA) is 40.5 Å². The molecule has 0 aromatic rings. The molecule has 2 saturated carbocycles. The van der Waals surface area contributed by atoms with Gasteiger partial charge >= 0.3 is 0 Å². The van der Waals surface area contributed by atoms with Crippen molar-refractivity contribution in [1.82, 2.24) is 0 Å². The number of hydrogen-bond donors (Lipinski definition) is 2. The van der Waals surface area contributed by atoms with Gasteiger partial charge in [0.25, 0.3) is 0 Å². The molecule has 0 radical (unpaired) electrons. The minimum Gasteiger partial charge on any atom is -0.392 e. The van der Waals surface area contributed by atoms with Gasteiger partial charge in [-0.2, -0.15) is 0 Å². The fourth-order valence-corrected chi connectivity index (χ4v) is 3.48. The highest BCUT2D eigenvalue weighted by Gasteiger charge is 2.46. The van der Waals surface area contributed by atoms with Crippen LogP contribution in [0.25, 0.3) is 0 Å². The Kier molecular flexibility index (Phi) is 2.85. The first kappa shape index (κ1) is 10.4. The lowest BCUT2D eigenvalue weighted by Crippen LogP contribution is -2.36. The van der Waals surface area contributed by atoms with Crippen LogP contribution in [-0.4, -0.2) is 22.4 Å². The monoisotopic (exact) mass is 198 g/mol. The van der Waals surface area contributed by atoms with Gasteiger partial charge in [0.1, 0.15) is 0 Å². The van der Waals surface area contributed by atoms with Crippen LogP contribution in [0.15, 0.2) is 0 Å². The maximum absolute atomic E-state index is 10.2. The van der Waals surface area contributed by atoms with Crippen LogP contribution in [0.2, 0.25) is 0 Å². The Balaban J connectivity index is 2.16. The molecule has 0 amide bonds. The third-order valence-electron chi connectivity index (χ3n) is 4.41. The zero-order valence-electron chi connectivity index (χ0n) is 9.19. The summed E-state index contributed by atoms with van der Waals surface area (Å²) in [5.74, 6) is 1.47. The van der Waals surface area contributed by atoms with E-state index in [1.54, 1.807) is 0 Å². The van der Waals surface area contributed by atoms with Crippen LogP contribution in [0.4, 0.5) is 0 Å². The summed E-state index contributed by atoms with van der Waals surface area (Å²) in [6.07, 6.45) is 4.11. The summed E-state index contributed by atoms with van der Waals surface area (Å²) in [6, 6.07) is 0. The first-order valence-corrected chi connectivity index (χ1v) is 5.97. The third kappa shape index (κ3) is 1.59. The SMILES string of the molecule is C[C@@H]1CC2CCC[C@H](C)C(O)C2C1O. The molecule has 2 N–H and O–H groups in total. The van der Waals surface area contributed by atoms with Crippen LogP contribution < -0.4 is 0 Å². The summed E-state index contributed by atoms with van der Waals surface area (Å²) >= 11 is 0. The van der Waals surface area contributed by atoms with Gasteiger partial charge in [0, 0.05) is 5.92 Å². The van der Waals surface area contributed by atoms with Crippen LogP contribution in [0, 0.1) is 23.7 Å². The molecule has 2 fully saturated rings. The molecule has 2 rings (SSSR count). The first-order chi connectivity index (χ1) is 6.61. The molecular formula is C12H22O2. The minimum atomic E-state index is -0.276. The van der Waals surface area contributed by atoms with E-state index in [2.05, 4.69) is 13.8 Å². The molecule has 0 heterocycles. The third-order valence-corrected chi connectivity index (χ3v) is 4.41. The molecule has 4 unspecified atom stereocenters. The van der Waals surface area contributed by atoms with E-state index in [1.807, 2.05) is 0 Å². The minimum absolute atomic E-state index is 0.155. The van der Waals surface area contributed by atoms with E-state index in [1.165, 1.54) is 12.8 Å². The van der Waals surface area contributed by atoms with Crippen LogP contribution >= 0.6 is 0 Å². The van der Waals surface area contributed by atoms with Crippen molar-refractivity contribution in [2.45, 2.75) is 51.7 Å². The van der Waals surface area contributed by atoms with E-state index >= 15 is 0 Å². The van der Waals surface area contributed by atoms with Gasteiger partial charge in [-0.15, -0.1) is 0 Å². The fraction of sp³-hybridized carbons (Fsp3) is 1.00. The number of aliphatic hydroxyl groups is 2. The van der Waals surface area contributed by atoms with Crippen LogP contribution in [0.3, 0.4) is 0 Å². The van der Waals surface area contributed by atoms with Crippen molar-refractivity contribution in [1.29, 1.82) is 0 Å². The van der Waals surface area contributed by atoms with Gasteiger partial charge in [-0.25, -0.2) is 0 Å². The van der Waals surface area contributed by atoms with E-state index in [4.69, 9.17) is 0 Å². The Morgan fingerprint density at radius 3 is 2.29 bits per heavy atom. The van der Waals surface area contributed by atoms with Crippen LogP contribution in [-0.2, 0) is 0 Å². The molecule has 6 atom stereocenters. The molecule has 2 aliphatic carbocycles. The predicted molar refractivity (Wildman–Crippen MR) is 55.8 cm³/mol. The summed E-state index contributed by atoms with van der Waals surface area (Å²) in [6.45, 7) is 4.22. The molecular weight excluding hydrogens is 176 g/mol. The molecule has 0 spiro atoms. The lowest BCUT2D eigenvalue weighted by atomic mass is 9.85. The Labute approximate surface area is 86.3 Å². The molecule has 0 aromatic carbocycles. The van der Waals surface area contributed by atoms with Crippen molar-refractivity contribution in [2.75, 3.05) is 0 Å². The lowest BCUT2D eigenvalue weighted by molar-refractivity contribution is -0.0188. The summed E-state index contributed by atoms with van der Waals surface area (Å²) in [5, 5.41) is 20.2. The highest BCUT2D eigenvalue weighted by atomic mass is 16.3. The summed E-state index contributed by atoms with van der Waals surface area (Å²) in [5.41, 5.74) is 0. The summed E-state index contributed by atoms with van der Waals surface area (Å²) in [7, 11) is 0. The van der Waals surface area contributed by atoms with E-state index in [0.717, 1.165) is 12.8 Å². The Bertz CT molecular complexity index is 202. The molecule has 2 heteroatoms. The van der Waals surface area contributed by atoms with Gasteiger partial charge < -0.3 is 10.2 Å². The second-order valence-electron chi connectivity index (χ2n) is 5.44. The molecule has 0 bridgehead atoms. The average Bonchev–Trinajstić information content (AvgIpc) is 2.33. The second kappa shape index (κ2) is 3.82. The summed E-state index contributed by atoms with van der Waals surface area (Å²) < 4.78 is 0. The van der Waals surface area contributed by atoms with Gasteiger partial charge in [-0.05, 0) is 37.0 Å². The van der Waals surface area contributed by atoms with Crippen molar-refractivity contribution in [3.8, 4) is 0 Å². The zero-order chi connectivity index (χ0) is 10.3. The summed E-state index contributed by atoms with van der Waals surface area (Å²) in [4.78, 5) is 0. The zero-order valence-corrected chi connectivity index (χ0v) is 9.19. The highest BCUT2D eigenvalue weighted by Crippen LogP contribution is 2.45. The Morgan fingerprint density at radius 2 is 1.57 bits per heavy atom. The molecule has 82 valence electrons. The van der Waals surface area contributed by atoms with Gasteiger partial charge in [0.05, 0.1) is 12.2 Å². The molecule has 0 aromatic heterocycles. The Morgan fingerprint density at radius 1 is 0.929 bits per heavy atom. The van der Waals surface area contributed by atoms with E-state index in [9.17, 15) is 10.2 Å². The first-order valence-electron chi connectivity index (χ1n) is 5.97. The van der Waals surface area contributed by atoms with Crippen molar-refractivity contribution in [3.05, 3.63) is 0 Å². The van der Waals surface area contributed by atoms with E-state index in [0.29, 0.717) is 17.8 Å². The predicted octanol–water partition coefficient (Wildman–Crippen LogP) is 1.80. The fourth-order valence-electron chi connectivity index (χ4n) is 3.48.